The first-order chi connectivity index (χ1) is 10.7. The Balaban J connectivity index is 1.84. The molecule has 2 heterocycles. The van der Waals surface area contributed by atoms with Crippen LogP contribution < -0.4 is 5.32 Å². The number of nitrogens with zero attached hydrogens (tertiary/aromatic N) is 5. The molecule has 0 unspecified atom stereocenters. The van der Waals surface area contributed by atoms with Crippen LogP contribution >= 0.6 is 0 Å². The van der Waals surface area contributed by atoms with E-state index < -0.39 is 23.7 Å². The van der Waals surface area contributed by atoms with Gasteiger partial charge in [0.2, 0.25) is 5.91 Å². The minimum atomic E-state index is -4.57. The van der Waals surface area contributed by atoms with E-state index in [1.807, 2.05) is 0 Å². The smallest absolute Gasteiger partial charge is 0.435 e. The molecule has 0 spiro atoms. The Morgan fingerprint density at radius 3 is 2.61 bits per heavy atom. The van der Waals surface area contributed by atoms with Crippen LogP contribution in [0.1, 0.15) is 11.4 Å². The third-order valence-electron chi connectivity index (χ3n) is 2.59. The van der Waals surface area contributed by atoms with Crippen LogP contribution in [0, 0.1) is 0 Å². The van der Waals surface area contributed by atoms with Crippen molar-refractivity contribution in [2.45, 2.75) is 25.8 Å². The Morgan fingerprint density at radius 1 is 1.26 bits per heavy atom. The van der Waals surface area contributed by atoms with Crippen LogP contribution in [0.3, 0.4) is 0 Å². The second-order valence-electron chi connectivity index (χ2n) is 4.47. The number of alkyl halides is 3. The van der Waals surface area contributed by atoms with E-state index in [9.17, 15) is 22.8 Å². The van der Waals surface area contributed by atoms with Crippen LogP contribution in [0.4, 0.5) is 13.2 Å². The number of nitrogens with one attached hydrogen (secondary N) is 1. The van der Waals surface area contributed by atoms with Gasteiger partial charge in [0.15, 0.2) is 5.69 Å². The molecular formula is C11H11F3N6O3. The fourth-order valence-corrected chi connectivity index (χ4v) is 1.63. The lowest BCUT2D eigenvalue weighted by Gasteiger charge is -2.04. The van der Waals surface area contributed by atoms with Gasteiger partial charge in [0, 0.05) is 6.20 Å². The van der Waals surface area contributed by atoms with Crippen LogP contribution in [-0.4, -0.2) is 41.8 Å². The number of carbonyl (C=O) groups excluding carboxylic acids is 1. The van der Waals surface area contributed by atoms with Crippen LogP contribution in [-0.2, 0) is 35.4 Å². The Kier molecular flexibility index (Phi) is 4.62. The molecule has 9 nitrogen and oxygen atoms in total. The quantitative estimate of drug-likeness (QED) is 0.763. The minimum Gasteiger partial charge on any atom is -0.480 e. The number of rotatable bonds is 6. The number of halogens is 3. The molecule has 0 atom stereocenters. The number of aromatic nitrogens is 5. The first kappa shape index (κ1) is 16.5. The van der Waals surface area contributed by atoms with E-state index in [1.165, 1.54) is 6.20 Å². The molecule has 0 aromatic carbocycles. The van der Waals surface area contributed by atoms with Crippen molar-refractivity contribution >= 4 is 11.9 Å². The summed E-state index contributed by atoms with van der Waals surface area (Å²) in [5.41, 5.74) is -0.766. The highest BCUT2D eigenvalue weighted by Gasteiger charge is 2.33. The molecule has 0 aliphatic heterocycles. The highest BCUT2D eigenvalue weighted by molar-refractivity contribution is 5.75. The lowest BCUT2D eigenvalue weighted by atomic mass is 10.4. The zero-order valence-corrected chi connectivity index (χ0v) is 11.5. The van der Waals surface area contributed by atoms with Crippen LogP contribution in [0.15, 0.2) is 18.5 Å². The highest BCUT2D eigenvalue weighted by Crippen LogP contribution is 2.27. The van der Waals surface area contributed by atoms with Crippen molar-refractivity contribution in [2.75, 3.05) is 0 Å². The van der Waals surface area contributed by atoms with Gasteiger partial charge in [-0.25, -0.2) is 4.68 Å². The van der Waals surface area contributed by atoms with Crippen molar-refractivity contribution in [3.05, 3.63) is 29.8 Å². The average molecular weight is 332 g/mol. The predicted octanol–water partition coefficient (Wildman–Crippen LogP) is -0.106. The van der Waals surface area contributed by atoms with Gasteiger partial charge >= 0.3 is 12.1 Å². The van der Waals surface area contributed by atoms with Gasteiger partial charge in [-0.05, 0) is 6.07 Å². The summed E-state index contributed by atoms with van der Waals surface area (Å²) in [5.74, 6) is -1.67. The molecular weight excluding hydrogens is 321 g/mol. The molecule has 0 bridgehead atoms. The summed E-state index contributed by atoms with van der Waals surface area (Å²) >= 11 is 0. The predicted molar refractivity (Wildman–Crippen MR) is 66.7 cm³/mol. The SMILES string of the molecule is O=C(O)Cn1cc(CNC(=O)Cn2ccc(C(F)(F)F)n2)nn1. The summed E-state index contributed by atoms with van der Waals surface area (Å²) in [5, 5.41) is 21.4. The molecule has 2 rings (SSSR count). The van der Waals surface area contributed by atoms with E-state index in [0.717, 1.165) is 21.6 Å². The summed E-state index contributed by atoms with van der Waals surface area (Å²) < 4.78 is 39.0. The molecule has 124 valence electrons. The van der Waals surface area contributed by atoms with Crippen molar-refractivity contribution in [2.24, 2.45) is 0 Å². The molecule has 2 aromatic heterocycles. The molecule has 0 radical (unpaired) electrons. The van der Waals surface area contributed by atoms with Crippen LogP contribution in [0.25, 0.3) is 0 Å². The van der Waals surface area contributed by atoms with E-state index in [-0.39, 0.29) is 19.6 Å². The maximum absolute atomic E-state index is 12.4. The second-order valence-corrected chi connectivity index (χ2v) is 4.47. The molecule has 0 saturated carbocycles. The fraction of sp³-hybridized carbons (Fsp3) is 0.364. The Bertz CT molecular complexity index is 708. The summed E-state index contributed by atoms with van der Waals surface area (Å²) in [6, 6.07) is 0.769. The third kappa shape index (κ3) is 4.79. The monoisotopic (exact) mass is 332 g/mol. The van der Waals surface area contributed by atoms with Gasteiger partial charge in [-0.2, -0.15) is 18.3 Å². The standard InChI is InChI=1S/C11H11F3N6O3/c12-11(13,14)8-1-2-19(17-8)5-9(21)15-3-7-4-20(18-16-7)6-10(22)23/h1-2,4H,3,5-6H2,(H,15,21)(H,22,23). The third-order valence-corrected chi connectivity index (χ3v) is 2.59. The van der Waals surface area contributed by atoms with Gasteiger partial charge < -0.3 is 10.4 Å². The molecule has 0 fully saturated rings. The molecule has 23 heavy (non-hydrogen) atoms. The molecule has 2 aromatic rings. The van der Waals surface area contributed by atoms with Gasteiger partial charge in [0.05, 0.1) is 12.7 Å². The van der Waals surface area contributed by atoms with Crippen molar-refractivity contribution in [1.29, 1.82) is 0 Å². The van der Waals surface area contributed by atoms with E-state index in [1.54, 1.807) is 0 Å². The normalized spacial score (nSPS) is 11.4. The summed E-state index contributed by atoms with van der Waals surface area (Å²) in [6.07, 6.45) is -2.18. The zero-order valence-electron chi connectivity index (χ0n) is 11.5. The number of carboxylic acid groups (broad SMARTS) is 1. The molecule has 2 N–H and O–H groups in total. The first-order valence-electron chi connectivity index (χ1n) is 6.22. The van der Waals surface area contributed by atoms with Crippen LogP contribution in [0.5, 0.6) is 0 Å². The van der Waals surface area contributed by atoms with Crippen molar-refractivity contribution < 1.29 is 27.9 Å². The first-order valence-corrected chi connectivity index (χ1v) is 6.22. The lowest BCUT2D eigenvalue weighted by Crippen LogP contribution is -2.27. The van der Waals surface area contributed by atoms with Gasteiger partial charge in [-0.3, -0.25) is 14.3 Å². The number of hydrogen-bond donors (Lipinski definition) is 2. The molecule has 0 aliphatic carbocycles. The van der Waals surface area contributed by atoms with Crippen molar-refractivity contribution in [1.82, 2.24) is 30.1 Å². The van der Waals surface area contributed by atoms with E-state index >= 15 is 0 Å². The second kappa shape index (κ2) is 6.46. The number of amides is 1. The number of aliphatic carboxylic acids is 1. The molecule has 0 aliphatic rings. The van der Waals surface area contributed by atoms with Gasteiger partial charge in [0.1, 0.15) is 18.8 Å². The maximum atomic E-state index is 12.4. The summed E-state index contributed by atoms with van der Waals surface area (Å²) in [4.78, 5) is 22.1. The van der Waals surface area contributed by atoms with Gasteiger partial charge in [0.25, 0.3) is 0 Å². The highest BCUT2D eigenvalue weighted by atomic mass is 19.4. The largest absolute Gasteiger partial charge is 0.480 e. The molecule has 1 amide bonds. The van der Waals surface area contributed by atoms with E-state index in [2.05, 4.69) is 20.7 Å². The molecule has 0 saturated heterocycles. The van der Waals surface area contributed by atoms with Gasteiger partial charge in [-0.1, -0.05) is 5.21 Å². The Hall–Kier alpha value is -2.92. The molecule has 12 heteroatoms. The minimum absolute atomic E-state index is 0.0359. The Morgan fingerprint density at radius 2 is 2.00 bits per heavy atom. The van der Waals surface area contributed by atoms with Crippen molar-refractivity contribution in [3.8, 4) is 0 Å². The summed E-state index contributed by atoms with van der Waals surface area (Å²) in [6.45, 7) is -0.792. The fourth-order valence-electron chi connectivity index (χ4n) is 1.63. The zero-order chi connectivity index (χ0) is 17.0. The lowest BCUT2D eigenvalue weighted by molar-refractivity contribution is -0.142. The van der Waals surface area contributed by atoms with Gasteiger partial charge in [-0.15, -0.1) is 5.10 Å². The van der Waals surface area contributed by atoms with E-state index in [0.29, 0.717) is 5.69 Å². The topological polar surface area (TPSA) is 115 Å². The number of carbonyl (C=O) groups is 2. The summed E-state index contributed by atoms with van der Waals surface area (Å²) in [7, 11) is 0. The van der Waals surface area contributed by atoms with Crippen LogP contribution in [0.2, 0.25) is 0 Å². The van der Waals surface area contributed by atoms with Crippen molar-refractivity contribution in [3.63, 3.8) is 0 Å². The number of hydrogen-bond acceptors (Lipinski definition) is 5. The van der Waals surface area contributed by atoms with E-state index in [4.69, 9.17) is 5.11 Å². The number of carboxylic acids is 1. The average Bonchev–Trinajstić information content (AvgIpc) is 3.04. The maximum Gasteiger partial charge on any atom is 0.435 e. The Labute approximate surface area is 126 Å².